The molecule has 8 fully saturated rings. The molecule has 26 atom stereocenters. The number of hydrogen-bond donors (Lipinski definition) is 8. The minimum absolute atomic E-state index is 0.0352. The highest BCUT2D eigenvalue weighted by molar-refractivity contribution is 5.18. The van der Waals surface area contributed by atoms with Crippen LogP contribution in [0.3, 0.4) is 0 Å². The van der Waals surface area contributed by atoms with Crippen LogP contribution >= 0.6 is 0 Å². The largest absolute Gasteiger partial charge is 0.388 e. The average molecular weight is 927 g/mol. The lowest BCUT2D eigenvalue weighted by molar-refractivity contribution is -0.380. The fourth-order valence-electron chi connectivity index (χ4n) is 15.3. The van der Waals surface area contributed by atoms with Gasteiger partial charge in [-0.15, -0.1) is 0 Å². The third-order valence-electron chi connectivity index (χ3n) is 19.2. The van der Waals surface area contributed by atoms with E-state index in [9.17, 15) is 40.9 Å². The van der Waals surface area contributed by atoms with Gasteiger partial charge in [0.05, 0.1) is 31.0 Å². The fourth-order valence-corrected chi connectivity index (χ4v) is 15.3. The van der Waals surface area contributed by atoms with Gasteiger partial charge >= 0.3 is 0 Å². The molecule has 0 bridgehead atoms. The molecule has 4 saturated heterocycles. The van der Waals surface area contributed by atoms with E-state index in [4.69, 9.17) is 37.9 Å². The van der Waals surface area contributed by atoms with Gasteiger partial charge in [0.1, 0.15) is 61.0 Å². The van der Waals surface area contributed by atoms with E-state index in [0.717, 1.165) is 38.5 Å². The van der Waals surface area contributed by atoms with Gasteiger partial charge in [-0.2, -0.15) is 0 Å². The van der Waals surface area contributed by atoms with Gasteiger partial charge in [0.25, 0.3) is 0 Å². The predicted molar refractivity (Wildman–Crippen MR) is 233 cm³/mol. The van der Waals surface area contributed by atoms with Crippen LogP contribution in [0.2, 0.25) is 0 Å². The van der Waals surface area contributed by atoms with Crippen molar-refractivity contribution in [3.8, 4) is 0 Å². The highest BCUT2D eigenvalue weighted by atomic mass is 16.8. The number of hydrogen-bond acceptors (Lipinski definition) is 16. The lowest BCUT2D eigenvalue weighted by Gasteiger charge is -2.68. The maximum absolute atomic E-state index is 11.8. The molecule has 8 aliphatic rings. The second-order valence-electron chi connectivity index (χ2n) is 23.1. The number of allylic oxidation sites excluding steroid dienone is 1. The highest BCUT2D eigenvalue weighted by Crippen LogP contribution is 2.75. The molecule has 4 saturated carbocycles. The molecule has 4 aliphatic heterocycles. The highest BCUT2D eigenvalue weighted by Gasteiger charge is 2.69. The van der Waals surface area contributed by atoms with Gasteiger partial charge in [-0.05, 0) is 131 Å². The monoisotopic (exact) mass is 927 g/mol. The van der Waals surface area contributed by atoms with Crippen molar-refractivity contribution in [2.75, 3.05) is 13.7 Å². The molecule has 4 heterocycles. The molecule has 65 heavy (non-hydrogen) atoms. The molecule has 0 radical (unpaired) electrons. The van der Waals surface area contributed by atoms with E-state index in [0.29, 0.717) is 36.0 Å². The molecule has 8 N–H and O–H groups in total. The van der Waals surface area contributed by atoms with E-state index in [1.54, 1.807) is 7.11 Å². The first kappa shape index (κ1) is 50.5. The zero-order valence-electron chi connectivity index (χ0n) is 40.3. The second-order valence-corrected chi connectivity index (χ2v) is 23.1. The van der Waals surface area contributed by atoms with Crippen LogP contribution in [0.15, 0.2) is 11.6 Å². The Morgan fingerprint density at radius 3 is 1.82 bits per heavy atom. The smallest absolute Gasteiger partial charge is 0.187 e. The van der Waals surface area contributed by atoms with E-state index in [2.05, 4.69) is 54.5 Å². The third-order valence-corrected chi connectivity index (χ3v) is 19.2. The molecule has 0 amide bonds. The van der Waals surface area contributed by atoms with Crippen molar-refractivity contribution in [1.82, 2.24) is 0 Å². The lowest BCUT2D eigenvalue weighted by Crippen LogP contribution is -2.66. The quantitative estimate of drug-likeness (QED) is 0.116. The molecular weight excluding hydrogens is 845 g/mol. The van der Waals surface area contributed by atoms with Gasteiger partial charge in [0.2, 0.25) is 0 Å². The normalized spacial score (nSPS) is 55.5. The summed E-state index contributed by atoms with van der Waals surface area (Å²) >= 11 is 0. The SMILES string of the molecule is CO[C@H]1O[C@H](C=C(C)C)C[C@H]1[C@@H]1CC[C@]2(C)[C@@H]3CC[C@H]4C(C)(C)[C@@H](O[C@@H]5O[C@H](CO[C@@H]6O[C@@H](C)[C@H](O)[C@@H](O)[C@H]6O)[C@@H](O)[C@H](O)[C@H]5O[C@@H]5O[C@@H](C)[C@H](O)[C@@H](O)[C@H]5O)CC[C@]4(C)[C@H]3CC[C@@]12C. The standard InChI is InChI=1S/C49H82O16/c1-22(2)19-25-20-26(42(58-10)62-25)27-13-17-49(9)29-11-12-31-46(5,6)32(15-16-47(31,7)28(29)14-18-48(27,49)8)64-45-41(65-44-40(57)37(54)34(51)24(4)61-44)38(55)35(52)30(63-45)21-59-43-39(56)36(53)33(50)23(3)60-43/h19,23-45,50-57H,11-18,20-21H2,1-10H3/t23-,24-,25+,26-,27-,28-,29+,30+,31-,32-,33-,34-,35+,36+,37+,38-,39+,40+,41+,42-,43+,44-,45-,47+,48-,49+/m0/s1. The average Bonchev–Trinajstić information content (AvgIpc) is 3.78. The number of ether oxygens (including phenoxy) is 8. The van der Waals surface area contributed by atoms with Crippen molar-refractivity contribution in [2.45, 2.75) is 231 Å². The van der Waals surface area contributed by atoms with Gasteiger partial charge < -0.3 is 78.7 Å². The Morgan fingerprint density at radius 2 is 1.18 bits per heavy atom. The summed E-state index contributed by atoms with van der Waals surface area (Å²) in [5, 5.41) is 86.4. The first-order valence-corrected chi connectivity index (χ1v) is 24.6. The van der Waals surface area contributed by atoms with Crippen molar-refractivity contribution in [3.63, 3.8) is 0 Å². The van der Waals surface area contributed by atoms with Gasteiger partial charge in [-0.1, -0.05) is 46.3 Å². The van der Waals surface area contributed by atoms with Crippen LogP contribution in [-0.2, 0) is 37.9 Å². The molecule has 0 aromatic rings. The summed E-state index contributed by atoms with van der Waals surface area (Å²) in [6.45, 7) is 19.1. The summed E-state index contributed by atoms with van der Waals surface area (Å²) in [5.74, 6) is 2.27. The van der Waals surface area contributed by atoms with E-state index < -0.39 is 98.7 Å². The zero-order chi connectivity index (χ0) is 47.3. The maximum atomic E-state index is 11.8. The summed E-state index contributed by atoms with van der Waals surface area (Å²) in [5.41, 5.74) is 1.26. The number of aliphatic hydroxyl groups is 8. The van der Waals surface area contributed by atoms with Gasteiger partial charge in [-0.25, -0.2) is 0 Å². The van der Waals surface area contributed by atoms with E-state index in [1.807, 2.05) is 0 Å². The molecule has 16 nitrogen and oxygen atoms in total. The van der Waals surface area contributed by atoms with Gasteiger partial charge in [0.15, 0.2) is 25.2 Å². The Kier molecular flexibility index (Phi) is 14.5. The van der Waals surface area contributed by atoms with E-state index >= 15 is 0 Å². The Balaban J connectivity index is 1.01. The summed E-state index contributed by atoms with van der Waals surface area (Å²) in [4.78, 5) is 0. The van der Waals surface area contributed by atoms with E-state index in [-0.39, 0.29) is 40.2 Å². The minimum atomic E-state index is -1.69. The first-order valence-electron chi connectivity index (χ1n) is 24.6. The van der Waals surface area contributed by atoms with Crippen LogP contribution in [0.25, 0.3) is 0 Å². The van der Waals surface area contributed by atoms with Crippen LogP contribution in [0, 0.1) is 51.2 Å². The molecule has 8 rings (SSSR count). The Labute approximate surface area is 385 Å². The number of aliphatic hydroxyl groups excluding tert-OH is 8. The maximum Gasteiger partial charge on any atom is 0.187 e. The summed E-state index contributed by atoms with van der Waals surface area (Å²) < 4.78 is 49.4. The van der Waals surface area contributed by atoms with Crippen LogP contribution in [-0.4, -0.2) is 165 Å². The second kappa shape index (κ2) is 18.7. The van der Waals surface area contributed by atoms with Crippen LogP contribution < -0.4 is 0 Å². The number of rotatable bonds is 10. The Bertz CT molecular complexity index is 1680. The predicted octanol–water partition coefficient (Wildman–Crippen LogP) is 2.90. The van der Waals surface area contributed by atoms with Gasteiger partial charge in [-0.3, -0.25) is 0 Å². The first-order chi connectivity index (χ1) is 30.5. The molecule has 0 unspecified atom stereocenters. The molecule has 16 heteroatoms. The molecule has 0 aromatic carbocycles. The Hall–Kier alpha value is -0.900. The fraction of sp³-hybridized carbons (Fsp3) is 0.959. The van der Waals surface area contributed by atoms with Crippen molar-refractivity contribution in [2.24, 2.45) is 51.2 Å². The van der Waals surface area contributed by atoms with Crippen molar-refractivity contribution >= 4 is 0 Å². The number of fused-ring (bicyclic) bond motifs is 5. The topological polar surface area (TPSA) is 236 Å². The Morgan fingerprint density at radius 1 is 0.585 bits per heavy atom. The molecular formula is C49H82O16. The summed E-state index contributed by atoms with van der Waals surface area (Å²) in [6, 6.07) is 0. The number of methoxy groups -OCH3 is 1. The van der Waals surface area contributed by atoms with E-state index in [1.165, 1.54) is 32.3 Å². The van der Waals surface area contributed by atoms with Crippen molar-refractivity contribution < 1.29 is 78.7 Å². The summed E-state index contributed by atoms with van der Waals surface area (Å²) in [6.07, 6.45) is -9.90. The lowest BCUT2D eigenvalue weighted by atomic mass is 9.38. The van der Waals surface area contributed by atoms with Crippen LogP contribution in [0.4, 0.5) is 0 Å². The molecule has 0 spiro atoms. The van der Waals surface area contributed by atoms with Crippen LogP contribution in [0.1, 0.15) is 120 Å². The molecule has 0 aromatic heterocycles. The summed E-state index contributed by atoms with van der Waals surface area (Å²) in [7, 11) is 1.79. The molecule has 374 valence electrons. The van der Waals surface area contributed by atoms with Gasteiger partial charge in [0, 0.05) is 13.0 Å². The third kappa shape index (κ3) is 8.54. The minimum Gasteiger partial charge on any atom is -0.388 e. The van der Waals surface area contributed by atoms with Crippen molar-refractivity contribution in [3.05, 3.63) is 11.6 Å². The van der Waals surface area contributed by atoms with Crippen LogP contribution in [0.5, 0.6) is 0 Å². The van der Waals surface area contributed by atoms with Crippen molar-refractivity contribution in [1.29, 1.82) is 0 Å². The zero-order valence-corrected chi connectivity index (χ0v) is 40.3. The molecule has 4 aliphatic carbocycles.